The Morgan fingerprint density at radius 1 is 1.04 bits per heavy atom. The lowest BCUT2D eigenvalue weighted by molar-refractivity contribution is -0.138. The molecule has 0 saturated heterocycles. The van der Waals surface area contributed by atoms with Gasteiger partial charge in [-0.05, 0) is 37.0 Å². The largest absolute Gasteiger partial charge is 0.482 e. The van der Waals surface area contributed by atoms with Crippen LogP contribution in [0.1, 0.15) is 64.5 Å². The maximum Gasteiger partial charge on any atom is 0.314 e. The summed E-state index contributed by atoms with van der Waals surface area (Å²) in [6, 6.07) is 15.4. The number of hydrogen-bond donors (Lipinski definition) is 1. The molecule has 0 aliphatic carbocycles. The van der Waals surface area contributed by atoms with Gasteiger partial charge in [-0.1, -0.05) is 63.9 Å². The van der Waals surface area contributed by atoms with Crippen LogP contribution in [0.2, 0.25) is 0 Å². The standard InChI is InChI=1S/C23H31NO3/c1-4-6-8-13-20(18-11-9-7-10-12-18)26-21-15-14-19(24)16-22(21)27-23(25)17(3)5-2/h7,9-12,14-17,20H,4-6,8,13,24H2,1-3H3. The minimum atomic E-state index is -0.268. The lowest BCUT2D eigenvalue weighted by Crippen LogP contribution is -2.18. The van der Waals surface area contributed by atoms with E-state index in [1.807, 2.05) is 32.0 Å². The maximum atomic E-state index is 12.3. The van der Waals surface area contributed by atoms with Gasteiger partial charge in [-0.15, -0.1) is 0 Å². The summed E-state index contributed by atoms with van der Waals surface area (Å²) in [4.78, 5) is 12.3. The van der Waals surface area contributed by atoms with E-state index in [4.69, 9.17) is 15.2 Å². The topological polar surface area (TPSA) is 61.6 Å². The van der Waals surface area contributed by atoms with E-state index in [0.29, 0.717) is 17.2 Å². The summed E-state index contributed by atoms with van der Waals surface area (Å²) in [7, 11) is 0. The van der Waals surface area contributed by atoms with E-state index in [1.165, 1.54) is 0 Å². The van der Waals surface area contributed by atoms with E-state index < -0.39 is 0 Å². The molecule has 0 aliphatic rings. The van der Waals surface area contributed by atoms with E-state index in [0.717, 1.165) is 37.7 Å². The van der Waals surface area contributed by atoms with Crippen LogP contribution in [0.25, 0.3) is 0 Å². The van der Waals surface area contributed by atoms with Crippen LogP contribution in [0.4, 0.5) is 5.69 Å². The molecule has 4 nitrogen and oxygen atoms in total. The van der Waals surface area contributed by atoms with E-state index in [2.05, 4.69) is 19.1 Å². The molecule has 2 atom stereocenters. The van der Waals surface area contributed by atoms with Crippen molar-refractivity contribution in [3.05, 3.63) is 54.1 Å². The van der Waals surface area contributed by atoms with Crippen LogP contribution in [-0.2, 0) is 4.79 Å². The molecule has 0 fully saturated rings. The van der Waals surface area contributed by atoms with Crippen molar-refractivity contribution in [3.63, 3.8) is 0 Å². The number of nitrogens with two attached hydrogens (primary N) is 1. The quantitative estimate of drug-likeness (QED) is 0.244. The first-order chi connectivity index (χ1) is 13.0. The van der Waals surface area contributed by atoms with Gasteiger partial charge < -0.3 is 15.2 Å². The number of carbonyl (C=O) groups is 1. The van der Waals surface area contributed by atoms with Crippen molar-refractivity contribution in [3.8, 4) is 11.5 Å². The van der Waals surface area contributed by atoms with Crippen molar-refractivity contribution >= 4 is 11.7 Å². The monoisotopic (exact) mass is 369 g/mol. The summed E-state index contributed by atoms with van der Waals surface area (Å²) in [5, 5.41) is 0. The van der Waals surface area contributed by atoms with Crippen molar-refractivity contribution in [1.82, 2.24) is 0 Å². The van der Waals surface area contributed by atoms with E-state index in [9.17, 15) is 4.79 Å². The highest BCUT2D eigenvalue weighted by Gasteiger charge is 2.19. The maximum absolute atomic E-state index is 12.3. The summed E-state index contributed by atoms with van der Waals surface area (Å²) < 4.78 is 11.9. The molecule has 0 aliphatic heterocycles. The number of ether oxygens (including phenoxy) is 2. The van der Waals surface area contributed by atoms with Crippen LogP contribution in [0.5, 0.6) is 11.5 Å². The number of nitrogen functional groups attached to an aromatic ring is 1. The van der Waals surface area contributed by atoms with Crippen molar-refractivity contribution in [2.24, 2.45) is 5.92 Å². The van der Waals surface area contributed by atoms with Gasteiger partial charge in [0.2, 0.25) is 0 Å². The summed E-state index contributed by atoms with van der Waals surface area (Å²) >= 11 is 0. The van der Waals surface area contributed by atoms with E-state index in [-0.39, 0.29) is 18.0 Å². The molecular weight excluding hydrogens is 338 g/mol. The molecule has 27 heavy (non-hydrogen) atoms. The highest BCUT2D eigenvalue weighted by Crippen LogP contribution is 2.35. The predicted octanol–water partition coefficient (Wildman–Crippen LogP) is 5.92. The summed E-state index contributed by atoms with van der Waals surface area (Å²) in [6.07, 6.45) is 4.92. The molecule has 2 unspecified atom stereocenters. The third-order valence-electron chi connectivity index (χ3n) is 4.70. The van der Waals surface area contributed by atoms with Gasteiger partial charge in [-0.25, -0.2) is 0 Å². The minimum Gasteiger partial charge on any atom is -0.482 e. The van der Waals surface area contributed by atoms with Gasteiger partial charge in [0.15, 0.2) is 11.5 Å². The molecule has 0 aromatic heterocycles. The molecule has 0 amide bonds. The Morgan fingerprint density at radius 2 is 1.78 bits per heavy atom. The fraction of sp³-hybridized carbons (Fsp3) is 0.435. The molecule has 0 heterocycles. The second-order valence-corrected chi connectivity index (χ2v) is 6.95. The number of unbranched alkanes of at least 4 members (excludes halogenated alkanes) is 2. The van der Waals surface area contributed by atoms with Crippen LogP contribution in [0.3, 0.4) is 0 Å². The first kappa shape index (κ1) is 20.8. The predicted molar refractivity (Wildman–Crippen MR) is 110 cm³/mol. The number of anilines is 1. The van der Waals surface area contributed by atoms with E-state index in [1.54, 1.807) is 18.2 Å². The molecule has 2 aromatic carbocycles. The lowest BCUT2D eigenvalue weighted by Gasteiger charge is -2.22. The highest BCUT2D eigenvalue weighted by atomic mass is 16.6. The van der Waals surface area contributed by atoms with Crippen LogP contribution in [-0.4, -0.2) is 5.97 Å². The number of rotatable bonds is 10. The van der Waals surface area contributed by atoms with Crippen LogP contribution >= 0.6 is 0 Å². The second-order valence-electron chi connectivity index (χ2n) is 6.95. The van der Waals surface area contributed by atoms with Crippen LogP contribution in [0, 0.1) is 5.92 Å². The molecule has 0 radical (unpaired) electrons. The average Bonchev–Trinajstić information content (AvgIpc) is 2.69. The Morgan fingerprint density at radius 3 is 2.44 bits per heavy atom. The molecular formula is C23H31NO3. The highest BCUT2D eigenvalue weighted by molar-refractivity contribution is 5.76. The van der Waals surface area contributed by atoms with Gasteiger partial charge >= 0.3 is 5.97 Å². The Bertz CT molecular complexity index is 715. The fourth-order valence-electron chi connectivity index (χ4n) is 2.77. The van der Waals surface area contributed by atoms with Crippen molar-refractivity contribution in [1.29, 1.82) is 0 Å². The van der Waals surface area contributed by atoms with Gasteiger partial charge in [-0.2, -0.15) is 0 Å². The molecule has 0 saturated carbocycles. The summed E-state index contributed by atoms with van der Waals surface area (Å²) in [6.45, 7) is 6.00. The molecule has 4 heteroatoms. The zero-order valence-electron chi connectivity index (χ0n) is 16.6. The zero-order chi connectivity index (χ0) is 19.6. The van der Waals surface area contributed by atoms with Crippen molar-refractivity contribution in [2.75, 3.05) is 5.73 Å². The van der Waals surface area contributed by atoms with Crippen molar-refractivity contribution < 1.29 is 14.3 Å². The van der Waals surface area contributed by atoms with E-state index >= 15 is 0 Å². The minimum absolute atomic E-state index is 0.0950. The molecule has 2 N–H and O–H groups in total. The Hall–Kier alpha value is -2.49. The van der Waals surface area contributed by atoms with Crippen molar-refractivity contribution in [2.45, 2.75) is 59.0 Å². The Balaban J connectivity index is 2.24. The molecule has 0 spiro atoms. The molecule has 2 aromatic rings. The molecule has 146 valence electrons. The number of carbonyl (C=O) groups excluding carboxylic acids is 1. The second kappa shape index (κ2) is 10.6. The Kier molecular flexibility index (Phi) is 8.18. The van der Waals surface area contributed by atoms with Gasteiger partial charge in [0.05, 0.1) is 5.92 Å². The SMILES string of the molecule is CCCCCC(Oc1ccc(N)cc1OC(=O)C(C)CC)c1ccccc1. The van der Waals surface area contributed by atoms with Crippen LogP contribution < -0.4 is 15.2 Å². The summed E-state index contributed by atoms with van der Waals surface area (Å²) in [5.74, 6) is 0.492. The fourth-order valence-corrected chi connectivity index (χ4v) is 2.77. The van der Waals surface area contributed by atoms with Crippen LogP contribution in [0.15, 0.2) is 48.5 Å². The zero-order valence-corrected chi connectivity index (χ0v) is 16.6. The third-order valence-corrected chi connectivity index (χ3v) is 4.70. The number of hydrogen-bond acceptors (Lipinski definition) is 4. The van der Waals surface area contributed by atoms with Gasteiger partial charge in [-0.3, -0.25) is 4.79 Å². The summed E-state index contributed by atoms with van der Waals surface area (Å²) in [5.41, 5.74) is 7.56. The normalized spacial score (nSPS) is 13.0. The smallest absolute Gasteiger partial charge is 0.314 e. The number of esters is 1. The third kappa shape index (κ3) is 6.31. The Labute approximate surface area is 162 Å². The van der Waals surface area contributed by atoms with Gasteiger partial charge in [0, 0.05) is 11.8 Å². The lowest BCUT2D eigenvalue weighted by atomic mass is 10.0. The first-order valence-electron chi connectivity index (χ1n) is 9.88. The van der Waals surface area contributed by atoms with Gasteiger partial charge in [0.1, 0.15) is 6.10 Å². The molecule has 0 bridgehead atoms. The van der Waals surface area contributed by atoms with Gasteiger partial charge in [0.25, 0.3) is 0 Å². The first-order valence-corrected chi connectivity index (χ1v) is 9.88. The average molecular weight is 370 g/mol. The number of benzene rings is 2. The molecule has 2 rings (SSSR count).